The van der Waals surface area contributed by atoms with Gasteiger partial charge in [-0.15, -0.1) is 0 Å². The number of piperidine rings is 1. The molecule has 1 aromatic carbocycles. The van der Waals surface area contributed by atoms with Crippen molar-refractivity contribution in [3.63, 3.8) is 0 Å². The first kappa shape index (κ1) is 23.5. The number of halogens is 6. The SMILES string of the molecule is O=C(Nc1cc(C(F)(F)F)ccc1OCC(F)(F)F)C1CCCN(C(=O)c2ccoc2)C1. The zero-order valence-corrected chi connectivity index (χ0v) is 16.4. The third-order valence-corrected chi connectivity index (χ3v) is 4.80. The van der Waals surface area contributed by atoms with Crippen LogP contribution in [-0.4, -0.2) is 42.6 Å². The van der Waals surface area contributed by atoms with E-state index in [1.165, 1.54) is 23.5 Å². The van der Waals surface area contributed by atoms with E-state index in [1.807, 2.05) is 0 Å². The van der Waals surface area contributed by atoms with Gasteiger partial charge in [-0.3, -0.25) is 9.59 Å². The molecule has 1 fully saturated rings. The van der Waals surface area contributed by atoms with E-state index in [-0.39, 0.29) is 18.0 Å². The molecule has 1 N–H and O–H groups in total. The van der Waals surface area contributed by atoms with E-state index in [4.69, 9.17) is 4.42 Å². The number of ether oxygens (including phenoxy) is 1. The van der Waals surface area contributed by atoms with Gasteiger partial charge in [-0.25, -0.2) is 0 Å². The third-order valence-electron chi connectivity index (χ3n) is 4.80. The fourth-order valence-electron chi connectivity index (χ4n) is 3.27. The summed E-state index contributed by atoms with van der Waals surface area (Å²) in [5.74, 6) is -2.43. The second-order valence-electron chi connectivity index (χ2n) is 7.20. The Balaban J connectivity index is 1.76. The molecular weight excluding hydrogens is 446 g/mol. The number of likely N-dealkylation sites (tertiary alicyclic amines) is 1. The summed E-state index contributed by atoms with van der Waals surface area (Å²) in [5.41, 5.74) is -1.41. The largest absolute Gasteiger partial charge is 0.482 e. The maximum Gasteiger partial charge on any atom is 0.422 e. The Morgan fingerprint density at radius 2 is 1.91 bits per heavy atom. The van der Waals surface area contributed by atoms with Gasteiger partial charge in [0.25, 0.3) is 5.91 Å². The number of rotatable bonds is 5. The van der Waals surface area contributed by atoms with Crippen molar-refractivity contribution < 1.29 is 45.1 Å². The maximum absolute atomic E-state index is 13.1. The molecule has 1 aromatic heterocycles. The maximum atomic E-state index is 13.1. The summed E-state index contributed by atoms with van der Waals surface area (Å²) in [4.78, 5) is 26.6. The van der Waals surface area contributed by atoms with E-state index in [1.54, 1.807) is 0 Å². The molecule has 6 nitrogen and oxygen atoms in total. The zero-order chi connectivity index (χ0) is 23.5. The first-order chi connectivity index (χ1) is 14.9. The monoisotopic (exact) mass is 464 g/mol. The molecule has 0 radical (unpaired) electrons. The molecule has 0 saturated carbocycles. The Hall–Kier alpha value is -3.18. The predicted octanol–water partition coefficient (Wildman–Crippen LogP) is 4.73. The molecule has 1 aliphatic heterocycles. The summed E-state index contributed by atoms with van der Waals surface area (Å²) in [5, 5.41) is 2.24. The van der Waals surface area contributed by atoms with Crippen LogP contribution in [0.15, 0.2) is 41.2 Å². The highest BCUT2D eigenvalue weighted by atomic mass is 19.4. The second-order valence-corrected chi connectivity index (χ2v) is 7.20. The van der Waals surface area contributed by atoms with Crippen molar-refractivity contribution in [2.24, 2.45) is 5.92 Å². The van der Waals surface area contributed by atoms with Gasteiger partial charge in [0.1, 0.15) is 12.0 Å². The summed E-state index contributed by atoms with van der Waals surface area (Å²) in [6.45, 7) is -1.37. The van der Waals surface area contributed by atoms with Gasteiger partial charge in [0, 0.05) is 13.1 Å². The summed E-state index contributed by atoms with van der Waals surface area (Å²) < 4.78 is 86.1. The number of alkyl halides is 6. The molecule has 0 spiro atoms. The standard InChI is InChI=1S/C20H18F6N2O4/c21-19(22,23)11-32-16-4-3-14(20(24,25)26)8-15(16)27-17(29)12-2-1-6-28(9-12)18(30)13-5-7-31-10-13/h3-5,7-8,10,12H,1-2,6,9,11H2,(H,27,29). The molecule has 1 saturated heterocycles. The molecular formula is C20H18F6N2O4. The minimum absolute atomic E-state index is 0.00640. The van der Waals surface area contributed by atoms with Gasteiger partial charge in [-0.1, -0.05) is 0 Å². The number of carbonyl (C=O) groups excluding carboxylic acids is 2. The third kappa shape index (κ3) is 5.95. The van der Waals surface area contributed by atoms with E-state index in [0.717, 1.165) is 6.07 Å². The Labute approximate surface area is 178 Å². The molecule has 0 aliphatic carbocycles. The zero-order valence-electron chi connectivity index (χ0n) is 16.4. The lowest BCUT2D eigenvalue weighted by molar-refractivity contribution is -0.153. The average molecular weight is 464 g/mol. The van der Waals surface area contributed by atoms with Gasteiger partial charge in [-0.05, 0) is 37.1 Å². The highest BCUT2D eigenvalue weighted by Gasteiger charge is 2.34. The van der Waals surface area contributed by atoms with Crippen molar-refractivity contribution in [1.82, 2.24) is 4.90 Å². The van der Waals surface area contributed by atoms with Crippen LogP contribution in [-0.2, 0) is 11.0 Å². The summed E-state index contributed by atoms with van der Waals surface area (Å²) in [6, 6.07) is 3.26. The number of nitrogens with one attached hydrogen (secondary N) is 1. The van der Waals surface area contributed by atoms with Crippen molar-refractivity contribution in [1.29, 1.82) is 0 Å². The molecule has 2 heterocycles. The van der Waals surface area contributed by atoms with Crippen molar-refractivity contribution in [3.8, 4) is 5.75 Å². The molecule has 3 rings (SSSR count). The highest BCUT2D eigenvalue weighted by Crippen LogP contribution is 2.36. The van der Waals surface area contributed by atoms with Gasteiger partial charge in [0.05, 0.1) is 29.0 Å². The molecule has 174 valence electrons. The molecule has 32 heavy (non-hydrogen) atoms. The lowest BCUT2D eigenvalue weighted by Crippen LogP contribution is -2.43. The lowest BCUT2D eigenvalue weighted by Gasteiger charge is -2.32. The Kier molecular flexibility index (Phi) is 6.70. The number of hydrogen-bond donors (Lipinski definition) is 1. The number of furan rings is 1. The van der Waals surface area contributed by atoms with Crippen molar-refractivity contribution in [3.05, 3.63) is 47.9 Å². The Morgan fingerprint density at radius 3 is 2.53 bits per heavy atom. The quantitative estimate of drug-likeness (QED) is 0.650. The minimum Gasteiger partial charge on any atom is -0.482 e. The number of anilines is 1. The lowest BCUT2D eigenvalue weighted by atomic mass is 9.96. The van der Waals surface area contributed by atoms with Crippen LogP contribution in [0.25, 0.3) is 0 Å². The first-order valence-electron chi connectivity index (χ1n) is 9.47. The van der Waals surface area contributed by atoms with Gasteiger partial charge in [-0.2, -0.15) is 26.3 Å². The smallest absolute Gasteiger partial charge is 0.422 e. The second kappa shape index (κ2) is 9.13. The molecule has 0 bridgehead atoms. The number of benzene rings is 1. The van der Waals surface area contributed by atoms with Crippen LogP contribution in [0.3, 0.4) is 0 Å². The first-order valence-corrected chi connectivity index (χ1v) is 9.47. The van der Waals surface area contributed by atoms with E-state index in [0.29, 0.717) is 31.5 Å². The van der Waals surface area contributed by atoms with E-state index < -0.39 is 47.8 Å². The fourth-order valence-corrected chi connectivity index (χ4v) is 3.27. The average Bonchev–Trinajstić information content (AvgIpc) is 3.26. The van der Waals surface area contributed by atoms with Crippen LogP contribution in [0.2, 0.25) is 0 Å². The van der Waals surface area contributed by atoms with Crippen molar-refractivity contribution >= 4 is 17.5 Å². The van der Waals surface area contributed by atoms with E-state index >= 15 is 0 Å². The number of carbonyl (C=O) groups is 2. The van der Waals surface area contributed by atoms with E-state index in [2.05, 4.69) is 10.1 Å². The Bertz CT molecular complexity index is 956. The van der Waals surface area contributed by atoms with Gasteiger partial charge in [0.15, 0.2) is 6.61 Å². The molecule has 2 aromatic rings. The molecule has 2 amide bonds. The van der Waals surface area contributed by atoms with E-state index in [9.17, 15) is 35.9 Å². The van der Waals surface area contributed by atoms with Crippen molar-refractivity contribution in [2.45, 2.75) is 25.2 Å². The van der Waals surface area contributed by atoms with Gasteiger partial charge >= 0.3 is 12.4 Å². The van der Waals surface area contributed by atoms with Crippen LogP contribution in [0.1, 0.15) is 28.8 Å². The topological polar surface area (TPSA) is 71.8 Å². The minimum atomic E-state index is -4.78. The van der Waals surface area contributed by atoms with Crippen LogP contribution in [0, 0.1) is 5.92 Å². The summed E-state index contributed by atoms with van der Waals surface area (Å²) in [6.07, 6.45) is -6.13. The van der Waals surface area contributed by atoms with Crippen LogP contribution >= 0.6 is 0 Å². The fraction of sp³-hybridized carbons (Fsp3) is 0.400. The number of hydrogen-bond acceptors (Lipinski definition) is 4. The molecule has 1 atom stereocenters. The number of amides is 2. The molecule has 1 aliphatic rings. The van der Waals surface area contributed by atoms with Gasteiger partial charge < -0.3 is 19.4 Å². The van der Waals surface area contributed by atoms with Crippen molar-refractivity contribution in [2.75, 3.05) is 25.0 Å². The van der Waals surface area contributed by atoms with Crippen LogP contribution < -0.4 is 10.1 Å². The highest BCUT2D eigenvalue weighted by molar-refractivity contribution is 5.96. The van der Waals surface area contributed by atoms with Gasteiger partial charge in [0.2, 0.25) is 5.91 Å². The van der Waals surface area contributed by atoms with Crippen LogP contribution in [0.5, 0.6) is 5.75 Å². The normalized spacial score (nSPS) is 17.2. The summed E-state index contributed by atoms with van der Waals surface area (Å²) >= 11 is 0. The van der Waals surface area contributed by atoms with Crippen LogP contribution in [0.4, 0.5) is 32.0 Å². The molecule has 1 unspecified atom stereocenters. The molecule has 12 heteroatoms. The Morgan fingerprint density at radius 1 is 1.16 bits per heavy atom. The predicted molar refractivity (Wildman–Crippen MR) is 99.0 cm³/mol. The summed E-state index contributed by atoms with van der Waals surface area (Å²) in [7, 11) is 0. The number of nitrogens with zero attached hydrogens (tertiary/aromatic N) is 1.